The van der Waals surface area contributed by atoms with Gasteiger partial charge in [0.1, 0.15) is 6.04 Å². The van der Waals surface area contributed by atoms with E-state index in [4.69, 9.17) is 5.10 Å². The predicted octanol–water partition coefficient (Wildman–Crippen LogP) is 3.70. The van der Waals surface area contributed by atoms with Gasteiger partial charge in [0.15, 0.2) is 0 Å². The molecular formula is C24H31N5O. The predicted molar refractivity (Wildman–Crippen MR) is 117 cm³/mol. The van der Waals surface area contributed by atoms with Crippen LogP contribution in [0.5, 0.6) is 0 Å². The van der Waals surface area contributed by atoms with Gasteiger partial charge in [-0.2, -0.15) is 10.4 Å². The molecule has 2 aromatic rings. The number of nitrogens with one attached hydrogen (secondary N) is 1. The summed E-state index contributed by atoms with van der Waals surface area (Å²) in [6.45, 7) is 6.04. The Morgan fingerprint density at radius 2 is 2.03 bits per heavy atom. The van der Waals surface area contributed by atoms with E-state index in [-0.39, 0.29) is 24.0 Å². The summed E-state index contributed by atoms with van der Waals surface area (Å²) in [5.74, 6) is 0.655. The molecule has 1 aromatic carbocycles. The first-order chi connectivity index (χ1) is 14.5. The Balaban J connectivity index is 1.37. The molecule has 1 saturated carbocycles. The van der Waals surface area contributed by atoms with Crippen LogP contribution in [0.15, 0.2) is 36.4 Å². The second kappa shape index (κ2) is 8.61. The topological polar surface area (TPSA) is 74.0 Å². The first-order valence-corrected chi connectivity index (χ1v) is 11.0. The average molecular weight is 406 g/mol. The molecule has 0 unspecified atom stereocenters. The molecule has 4 rings (SSSR count). The maximum atomic E-state index is 12.5. The van der Waals surface area contributed by atoms with Gasteiger partial charge < -0.3 is 10.2 Å². The van der Waals surface area contributed by atoms with Crippen LogP contribution < -0.4 is 5.32 Å². The van der Waals surface area contributed by atoms with Crippen LogP contribution in [-0.4, -0.2) is 45.3 Å². The van der Waals surface area contributed by atoms with Gasteiger partial charge in [-0.1, -0.05) is 30.3 Å². The number of nitriles is 1. The highest BCUT2D eigenvalue weighted by atomic mass is 16.2. The van der Waals surface area contributed by atoms with Crippen molar-refractivity contribution in [3.8, 4) is 17.3 Å². The molecule has 6 nitrogen and oxygen atoms in total. The number of aromatic nitrogens is 2. The number of rotatable bonds is 8. The minimum atomic E-state index is -0.260. The van der Waals surface area contributed by atoms with Crippen molar-refractivity contribution < 1.29 is 4.79 Å². The lowest BCUT2D eigenvalue weighted by atomic mass is 10.0. The number of hydrogen-bond donors (Lipinski definition) is 1. The fourth-order valence-electron chi connectivity index (χ4n) is 4.16. The van der Waals surface area contributed by atoms with Gasteiger partial charge >= 0.3 is 0 Å². The largest absolute Gasteiger partial charge is 0.326 e. The first-order valence-electron chi connectivity index (χ1n) is 11.0. The number of amides is 1. The molecule has 1 aliphatic carbocycles. The van der Waals surface area contributed by atoms with Gasteiger partial charge in [0.2, 0.25) is 5.91 Å². The number of carbonyl (C=O) groups excluding carboxylic acids is 1. The maximum Gasteiger partial charge on any atom is 0.237 e. The van der Waals surface area contributed by atoms with Crippen LogP contribution in [0.1, 0.15) is 57.6 Å². The lowest BCUT2D eigenvalue weighted by Gasteiger charge is -2.28. The van der Waals surface area contributed by atoms with Gasteiger partial charge in [-0.15, -0.1) is 0 Å². The summed E-state index contributed by atoms with van der Waals surface area (Å²) in [6, 6.07) is 14.6. The van der Waals surface area contributed by atoms with Gasteiger partial charge in [0.05, 0.1) is 18.3 Å². The lowest BCUT2D eigenvalue weighted by molar-refractivity contribution is -0.130. The maximum absolute atomic E-state index is 12.5. The first kappa shape index (κ1) is 20.6. The summed E-state index contributed by atoms with van der Waals surface area (Å²) in [6.07, 6.45) is 5.06. The molecule has 1 saturated heterocycles. The molecule has 2 aliphatic rings. The van der Waals surface area contributed by atoms with Gasteiger partial charge in [-0.3, -0.25) is 9.48 Å². The number of aryl methyl sites for hydroxylation is 1. The highest BCUT2D eigenvalue weighted by Crippen LogP contribution is 2.41. The van der Waals surface area contributed by atoms with E-state index in [1.807, 2.05) is 18.2 Å². The SMILES string of the molecule is CC(C)(CCn1nc(-c2ccccc2)cc1C1CC1)NCC(=O)N1CCC[C@H]1C#N. The Labute approximate surface area is 178 Å². The molecule has 1 atom stereocenters. The molecule has 1 aromatic heterocycles. The van der Waals surface area contributed by atoms with Gasteiger partial charge in [0, 0.05) is 35.8 Å². The van der Waals surface area contributed by atoms with Crippen LogP contribution in [0, 0.1) is 11.3 Å². The van der Waals surface area contributed by atoms with Crippen LogP contribution in [0.25, 0.3) is 11.3 Å². The number of hydrogen-bond acceptors (Lipinski definition) is 4. The summed E-state index contributed by atoms with van der Waals surface area (Å²) in [5, 5.41) is 17.5. The third-order valence-corrected chi connectivity index (χ3v) is 6.27. The van der Waals surface area contributed by atoms with Crippen molar-refractivity contribution in [1.29, 1.82) is 5.26 Å². The summed E-state index contributed by atoms with van der Waals surface area (Å²) in [7, 11) is 0. The number of nitrogens with zero attached hydrogens (tertiary/aromatic N) is 4. The van der Waals surface area contributed by atoms with E-state index >= 15 is 0 Å². The van der Waals surface area contributed by atoms with Crippen LogP contribution >= 0.6 is 0 Å². The molecule has 158 valence electrons. The fourth-order valence-corrected chi connectivity index (χ4v) is 4.16. The normalized spacial score (nSPS) is 19.1. The van der Waals surface area contributed by atoms with Crippen LogP contribution in [-0.2, 0) is 11.3 Å². The number of carbonyl (C=O) groups is 1. The van der Waals surface area contributed by atoms with Crippen LogP contribution in [0.2, 0.25) is 0 Å². The Morgan fingerprint density at radius 3 is 2.73 bits per heavy atom. The molecule has 1 aliphatic heterocycles. The summed E-state index contributed by atoms with van der Waals surface area (Å²) >= 11 is 0. The minimum Gasteiger partial charge on any atom is -0.326 e. The zero-order chi connectivity index (χ0) is 21.1. The van der Waals surface area contributed by atoms with E-state index in [1.165, 1.54) is 18.5 Å². The monoisotopic (exact) mass is 405 g/mol. The van der Waals surface area contributed by atoms with E-state index < -0.39 is 0 Å². The standard InChI is InChI=1S/C24H31N5O/c1-24(2,26-17-23(30)28-13-6-9-20(28)16-25)12-14-29-22(19-10-11-19)15-21(27-29)18-7-4-3-5-8-18/h3-5,7-8,15,19-20,26H,6,9-14,17H2,1-2H3/t20-/m0/s1. The Morgan fingerprint density at radius 1 is 1.27 bits per heavy atom. The summed E-state index contributed by atoms with van der Waals surface area (Å²) in [5.41, 5.74) is 3.32. The van der Waals surface area contributed by atoms with Crippen LogP contribution in [0.3, 0.4) is 0 Å². The molecule has 6 heteroatoms. The van der Waals surface area contributed by atoms with E-state index in [0.29, 0.717) is 12.5 Å². The second-order valence-electron chi connectivity index (χ2n) is 9.18. The molecule has 0 spiro atoms. The van der Waals surface area contributed by atoms with Crippen molar-refractivity contribution in [3.05, 3.63) is 42.1 Å². The quantitative estimate of drug-likeness (QED) is 0.727. The summed E-state index contributed by atoms with van der Waals surface area (Å²) < 4.78 is 2.16. The van der Waals surface area contributed by atoms with Crippen LogP contribution in [0.4, 0.5) is 0 Å². The van der Waals surface area contributed by atoms with Crippen molar-refractivity contribution in [2.75, 3.05) is 13.1 Å². The molecule has 1 amide bonds. The van der Waals surface area contributed by atoms with E-state index in [0.717, 1.165) is 37.1 Å². The van der Waals surface area contributed by atoms with Crippen molar-refractivity contribution in [2.24, 2.45) is 0 Å². The van der Waals surface area contributed by atoms with Crippen molar-refractivity contribution in [1.82, 2.24) is 20.0 Å². The zero-order valence-corrected chi connectivity index (χ0v) is 18.0. The third kappa shape index (κ3) is 4.73. The number of likely N-dealkylation sites (tertiary alicyclic amines) is 1. The minimum absolute atomic E-state index is 0.0243. The van der Waals surface area contributed by atoms with Crippen molar-refractivity contribution in [3.63, 3.8) is 0 Å². The molecule has 2 fully saturated rings. The highest BCUT2D eigenvalue weighted by Gasteiger charge is 2.31. The molecular weight excluding hydrogens is 374 g/mol. The van der Waals surface area contributed by atoms with Crippen molar-refractivity contribution in [2.45, 2.75) is 70.0 Å². The molecule has 30 heavy (non-hydrogen) atoms. The zero-order valence-electron chi connectivity index (χ0n) is 18.0. The van der Waals surface area contributed by atoms with Gasteiger partial charge in [0.25, 0.3) is 0 Å². The van der Waals surface area contributed by atoms with E-state index in [1.54, 1.807) is 4.90 Å². The Hall–Kier alpha value is -2.65. The average Bonchev–Trinajstić information content (AvgIpc) is 3.33. The van der Waals surface area contributed by atoms with Gasteiger partial charge in [-0.25, -0.2) is 0 Å². The summed E-state index contributed by atoms with van der Waals surface area (Å²) in [4.78, 5) is 14.3. The highest BCUT2D eigenvalue weighted by molar-refractivity contribution is 5.79. The fraction of sp³-hybridized carbons (Fsp3) is 0.542. The lowest BCUT2D eigenvalue weighted by Crippen LogP contribution is -2.48. The Bertz CT molecular complexity index is 923. The Kier molecular flexibility index (Phi) is 5.92. The van der Waals surface area contributed by atoms with Crippen molar-refractivity contribution >= 4 is 5.91 Å². The molecule has 2 heterocycles. The molecule has 1 N–H and O–H groups in total. The smallest absolute Gasteiger partial charge is 0.237 e. The van der Waals surface area contributed by atoms with E-state index in [9.17, 15) is 10.1 Å². The second-order valence-corrected chi connectivity index (χ2v) is 9.18. The van der Waals surface area contributed by atoms with Gasteiger partial charge in [-0.05, 0) is 52.0 Å². The third-order valence-electron chi connectivity index (χ3n) is 6.27. The molecule has 0 radical (unpaired) electrons. The van der Waals surface area contributed by atoms with E-state index in [2.05, 4.69) is 48.1 Å². The number of benzene rings is 1. The molecule has 0 bridgehead atoms.